The Kier molecular flexibility index (Phi) is 4.41. The van der Waals surface area contributed by atoms with Crippen LogP contribution in [0.2, 0.25) is 5.02 Å². The number of nitrogens with one attached hydrogen (secondary N) is 1. The van der Waals surface area contributed by atoms with Crippen molar-refractivity contribution in [3.63, 3.8) is 0 Å². The van der Waals surface area contributed by atoms with Crippen LogP contribution in [0.5, 0.6) is 5.75 Å². The summed E-state index contributed by atoms with van der Waals surface area (Å²) in [5.41, 5.74) is 5.50. The molecule has 0 bridgehead atoms. The molecule has 1 saturated heterocycles. The monoisotopic (exact) mass is 369 g/mol. The molecule has 26 heavy (non-hydrogen) atoms. The molecule has 1 unspecified atom stereocenters. The Morgan fingerprint density at radius 3 is 2.54 bits per heavy atom. The number of rotatable bonds is 2. The van der Waals surface area contributed by atoms with E-state index in [2.05, 4.69) is 30.1 Å². The van der Waals surface area contributed by atoms with E-state index in [0.29, 0.717) is 0 Å². The summed E-state index contributed by atoms with van der Waals surface area (Å²) < 4.78 is 0. The van der Waals surface area contributed by atoms with Crippen molar-refractivity contribution >= 4 is 28.7 Å². The fraction of sp³-hybridized carbons (Fsp3) is 0.381. The number of nitrogens with zero attached hydrogens (tertiary/aromatic N) is 2. The molecule has 2 aliphatic rings. The Labute approximate surface area is 159 Å². The summed E-state index contributed by atoms with van der Waals surface area (Å²) in [6.45, 7) is 8.24. The Morgan fingerprint density at radius 2 is 1.85 bits per heavy atom. The molecule has 5 heteroatoms. The van der Waals surface area contributed by atoms with Gasteiger partial charge in [0.1, 0.15) is 5.75 Å². The van der Waals surface area contributed by atoms with Gasteiger partial charge in [0.2, 0.25) is 0 Å². The molecule has 0 aliphatic carbocycles. The molecule has 2 heterocycles. The number of halogens is 1. The lowest BCUT2D eigenvalue weighted by molar-refractivity contribution is 0.474. The van der Waals surface area contributed by atoms with Crippen LogP contribution < -0.4 is 10.2 Å². The summed E-state index contributed by atoms with van der Waals surface area (Å²) in [6.07, 6.45) is 0.874. The number of aromatic hydroxyl groups is 1. The normalized spacial score (nSPS) is 22.7. The molecular formula is C21H24ClN3O. The number of benzene rings is 2. The number of piperazine rings is 1. The molecule has 0 aromatic heterocycles. The summed E-state index contributed by atoms with van der Waals surface area (Å²) in [5, 5.41) is 13.8. The number of aliphatic imine (C=N–C) groups is 1. The van der Waals surface area contributed by atoms with Gasteiger partial charge < -0.3 is 15.3 Å². The van der Waals surface area contributed by atoms with Crippen molar-refractivity contribution in [2.75, 3.05) is 31.1 Å². The highest BCUT2D eigenvalue weighted by Crippen LogP contribution is 2.44. The molecule has 0 spiro atoms. The third-order valence-corrected chi connectivity index (χ3v) is 5.96. The van der Waals surface area contributed by atoms with Gasteiger partial charge in [0.25, 0.3) is 0 Å². The molecule has 2 aliphatic heterocycles. The highest BCUT2D eigenvalue weighted by molar-refractivity contribution is 6.31. The van der Waals surface area contributed by atoms with Crippen LogP contribution >= 0.6 is 11.6 Å². The first kappa shape index (κ1) is 17.4. The molecule has 2 aromatic carbocycles. The molecule has 136 valence electrons. The topological polar surface area (TPSA) is 47.9 Å². The maximum Gasteiger partial charge on any atom is 0.115 e. The van der Waals surface area contributed by atoms with Gasteiger partial charge in [-0.25, -0.2) is 0 Å². The van der Waals surface area contributed by atoms with Crippen molar-refractivity contribution in [3.8, 4) is 5.75 Å². The maximum absolute atomic E-state index is 9.65. The minimum absolute atomic E-state index is 0.197. The van der Waals surface area contributed by atoms with Gasteiger partial charge in [0, 0.05) is 53.6 Å². The molecule has 1 atom stereocenters. The Bertz CT molecular complexity index is 856. The summed E-state index contributed by atoms with van der Waals surface area (Å²) in [5.74, 6) is 0.288. The molecule has 0 amide bonds. The number of hydrogen-bond acceptors (Lipinski definition) is 4. The van der Waals surface area contributed by atoms with E-state index in [4.69, 9.17) is 16.6 Å². The minimum Gasteiger partial charge on any atom is -0.508 e. The van der Waals surface area contributed by atoms with Crippen molar-refractivity contribution in [2.45, 2.75) is 25.7 Å². The second-order valence-corrected chi connectivity index (χ2v) is 7.85. The zero-order valence-electron chi connectivity index (χ0n) is 15.2. The smallest absolute Gasteiger partial charge is 0.115 e. The maximum atomic E-state index is 9.65. The van der Waals surface area contributed by atoms with Crippen molar-refractivity contribution in [3.05, 3.63) is 52.5 Å². The fourth-order valence-corrected chi connectivity index (χ4v) is 4.21. The molecular weight excluding hydrogens is 346 g/mol. The van der Waals surface area contributed by atoms with Crippen LogP contribution in [0.4, 0.5) is 11.4 Å². The lowest BCUT2D eigenvalue weighted by Gasteiger charge is -2.38. The van der Waals surface area contributed by atoms with E-state index in [1.807, 2.05) is 18.2 Å². The van der Waals surface area contributed by atoms with E-state index in [9.17, 15) is 5.11 Å². The van der Waals surface area contributed by atoms with Gasteiger partial charge in [0.15, 0.2) is 0 Å². The van der Waals surface area contributed by atoms with Gasteiger partial charge in [0.05, 0.1) is 5.69 Å². The predicted octanol–water partition coefficient (Wildman–Crippen LogP) is 4.06. The highest BCUT2D eigenvalue weighted by atomic mass is 35.5. The minimum atomic E-state index is -0.197. The van der Waals surface area contributed by atoms with Crippen molar-refractivity contribution in [1.29, 1.82) is 0 Å². The van der Waals surface area contributed by atoms with E-state index in [0.717, 1.165) is 49.0 Å². The van der Waals surface area contributed by atoms with Crippen LogP contribution in [0.1, 0.15) is 25.0 Å². The molecule has 2 aromatic rings. The fourth-order valence-electron chi connectivity index (χ4n) is 4.00. The van der Waals surface area contributed by atoms with Crippen LogP contribution in [-0.2, 0) is 11.8 Å². The number of hydrogen-bond donors (Lipinski definition) is 2. The zero-order chi connectivity index (χ0) is 18.3. The van der Waals surface area contributed by atoms with Crippen LogP contribution in [0.15, 0.2) is 41.4 Å². The average molecular weight is 370 g/mol. The highest BCUT2D eigenvalue weighted by Gasteiger charge is 2.36. The summed E-state index contributed by atoms with van der Waals surface area (Å²) >= 11 is 6.41. The molecule has 4 rings (SSSR count). The first-order chi connectivity index (χ1) is 12.5. The molecule has 4 nitrogen and oxygen atoms in total. The van der Waals surface area contributed by atoms with E-state index in [-0.39, 0.29) is 11.2 Å². The van der Waals surface area contributed by atoms with Crippen molar-refractivity contribution in [1.82, 2.24) is 5.32 Å². The first-order valence-electron chi connectivity index (χ1n) is 9.11. The van der Waals surface area contributed by atoms with E-state index in [1.54, 1.807) is 12.1 Å². The summed E-state index contributed by atoms with van der Waals surface area (Å²) in [6, 6.07) is 11.6. The number of phenols is 1. The number of phenolic OH excluding ortho intramolecular Hbond substituents is 1. The van der Waals surface area contributed by atoms with E-state index < -0.39 is 0 Å². The average Bonchev–Trinajstić information content (AvgIpc) is 2.64. The van der Waals surface area contributed by atoms with Gasteiger partial charge in [-0.05, 0) is 50.1 Å². The first-order valence-corrected chi connectivity index (χ1v) is 9.48. The second-order valence-electron chi connectivity index (χ2n) is 7.41. The molecule has 1 fully saturated rings. The molecule has 0 radical (unpaired) electrons. The molecule has 0 saturated carbocycles. The van der Waals surface area contributed by atoms with Gasteiger partial charge in [-0.15, -0.1) is 0 Å². The quantitative estimate of drug-likeness (QED) is 0.839. The Balaban J connectivity index is 1.81. The zero-order valence-corrected chi connectivity index (χ0v) is 16.0. The largest absolute Gasteiger partial charge is 0.508 e. The molecule has 2 N–H and O–H groups in total. The lowest BCUT2D eigenvalue weighted by Crippen LogP contribution is -2.44. The number of anilines is 1. The van der Waals surface area contributed by atoms with Gasteiger partial charge in [-0.1, -0.05) is 23.7 Å². The summed E-state index contributed by atoms with van der Waals surface area (Å²) in [7, 11) is 0. The Morgan fingerprint density at radius 1 is 1.15 bits per heavy atom. The summed E-state index contributed by atoms with van der Waals surface area (Å²) in [4.78, 5) is 7.35. The third-order valence-electron chi connectivity index (χ3n) is 5.75. The second kappa shape index (κ2) is 6.60. The number of fused-ring (bicyclic) bond motifs is 1. The van der Waals surface area contributed by atoms with Crippen LogP contribution in [0.3, 0.4) is 0 Å². The third kappa shape index (κ3) is 2.97. The lowest BCUT2D eigenvalue weighted by atomic mass is 9.71. The van der Waals surface area contributed by atoms with Crippen LogP contribution in [-0.4, -0.2) is 37.0 Å². The van der Waals surface area contributed by atoms with E-state index in [1.165, 1.54) is 16.8 Å². The standard InChI is InChI=1S/C21H24ClN3O/c1-14-21(2,15-3-5-17(26)6-4-15)13-18-19(24-14)11-16(22)12-20(18)25-9-7-23-8-10-25/h3-6,11-12,23,26H,7-10,13H2,1-2H3. The van der Waals surface area contributed by atoms with Crippen LogP contribution in [0, 0.1) is 0 Å². The predicted molar refractivity (Wildman–Crippen MR) is 108 cm³/mol. The van der Waals surface area contributed by atoms with Gasteiger partial charge >= 0.3 is 0 Å². The van der Waals surface area contributed by atoms with Crippen molar-refractivity contribution in [2.24, 2.45) is 4.99 Å². The van der Waals surface area contributed by atoms with Gasteiger partial charge in [-0.2, -0.15) is 0 Å². The Hall–Kier alpha value is -2.04. The van der Waals surface area contributed by atoms with Crippen LogP contribution in [0.25, 0.3) is 0 Å². The van der Waals surface area contributed by atoms with Gasteiger partial charge in [-0.3, -0.25) is 4.99 Å². The SMILES string of the molecule is CC1=Nc2cc(Cl)cc(N3CCNCC3)c2CC1(C)c1ccc(O)cc1. The van der Waals surface area contributed by atoms with E-state index >= 15 is 0 Å². The van der Waals surface area contributed by atoms with Crippen molar-refractivity contribution < 1.29 is 5.11 Å².